The Morgan fingerprint density at radius 2 is 2.26 bits per heavy atom. The normalized spacial score (nSPS) is 12.1. The van der Waals surface area contributed by atoms with Gasteiger partial charge in [0.05, 0.1) is 21.0 Å². The third-order valence-corrected chi connectivity index (χ3v) is 6.05. The maximum atomic E-state index is 12.7. The maximum absolute atomic E-state index is 12.7. The lowest BCUT2D eigenvalue weighted by Crippen LogP contribution is -2.22. The van der Waals surface area contributed by atoms with Gasteiger partial charge < -0.3 is 9.84 Å². The number of ether oxygens (including phenoxy) is 1. The molecule has 0 aliphatic heterocycles. The summed E-state index contributed by atoms with van der Waals surface area (Å²) in [5.74, 6) is 0.218. The molecule has 8 heteroatoms. The molecule has 3 aromatic heterocycles. The first-order valence-corrected chi connectivity index (χ1v) is 10.4. The smallest absolute Gasteiger partial charge is 0.274 e. The predicted octanol–water partition coefficient (Wildman–Crippen LogP) is 4.18. The van der Waals surface area contributed by atoms with Crippen LogP contribution in [0.3, 0.4) is 0 Å². The van der Waals surface area contributed by atoms with Crippen molar-refractivity contribution in [1.29, 1.82) is 0 Å². The molecule has 0 aliphatic carbocycles. The number of thiazole rings is 1. The average Bonchev–Trinajstić information content (AvgIpc) is 3.36. The number of phenols is 1. The highest BCUT2D eigenvalue weighted by atomic mass is 35.5. The van der Waals surface area contributed by atoms with Crippen LogP contribution in [0.15, 0.2) is 40.6 Å². The van der Waals surface area contributed by atoms with Crippen molar-refractivity contribution in [2.45, 2.75) is 13.3 Å². The Bertz CT molecular complexity index is 1210. The quantitative estimate of drug-likeness (QED) is 0.528. The van der Waals surface area contributed by atoms with Crippen LogP contribution in [0.5, 0.6) is 11.5 Å². The number of rotatable bonds is 5. The summed E-state index contributed by atoms with van der Waals surface area (Å²) in [5.41, 5.74) is 1.34. The van der Waals surface area contributed by atoms with E-state index in [1.165, 1.54) is 11.3 Å². The van der Waals surface area contributed by atoms with E-state index in [4.69, 9.17) is 16.3 Å². The fourth-order valence-corrected chi connectivity index (χ4v) is 4.48. The molecule has 0 atom stereocenters. The second kappa shape index (κ2) is 7.34. The summed E-state index contributed by atoms with van der Waals surface area (Å²) in [4.78, 5) is 18.9. The molecule has 3 heterocycles. The van der Waals surface area contributed by atoms with Crippen LogP contribution < -0.4 is 14.8 Å². The summed E-state index contributed by atoms with van der Waals surface area (Å²) in [6.07, 6.45) is 4.30. The maximum Gasteiger partial charge on any atom is 0.274 e. The Kier molecular flexibility index (Phi) is 4.90. The van der Waals surface area contributed by atoms with Crippen LogP contribution >= 0.6 is 34.3 Å². The second-order valence-corrected chi connectivity index (χ2v) is 8.23. The third-order valence-electron chi connectivity index (χ3n) is 3.89. The van der Waals surface area contributed by atoms with Gasteiger partial charge in [-0.25, -0.2) is 4.98 Å². The number of aromatic nitrogens is 2. The Morgan fingerprint density at radius 3 is 2.96 bits per heavy atom. The van der Waals surface area contributed by atoms with E-state index in [1.807, 2.05) is 24.4 Å². The molecule has 0 amide bonds. The fourth-order valence-electron chi connectivity index (χ4n) is 2.63. The standard InChI is InChI=1S/C19H15ClN2O3S2/c1-2-5-25-14-8-11(7-12(20)17(14)23)9-16-18(24)22-10-13(21-19(22)27-16)15-4-3-6-26-15/h3-4,6-10,23H,2,5H2,1H3/b16-9-. The Labute approximate surface area is 167 Å². The lowest BCUT2D eigenvalue weighted by molar-refractivity contribution is 0.299. The first-order chi connectivity index (χ1) is 13.1. The van der Waals surface area contributed by atoms with E-state index in [2.05, 4.69) is 4.98 Å². The van der Waals surface area contributed by atoms with Crippen molar-refractivity contribution in [2.24, 2.45) is 0 Å². The SMILES string of the molecule is CCCOc1cc(/C=c2\sc3nc(-c4cccs4)cn3c2=O)cc(Cl)c1O. The fraction of sp³-hybridized carbons (Fsp3) is 0.158. The molecule has 0 aliphatic rings. The summed E-state index contributed by atoms with van der Waals surface area (Å²) in [5, 5.41) is 12.2. The number of thiophene rings is 1. The van der Waals surface area contributed by atoms with Crippen LogP contribution in [-0.4, -0.2) is 21.1 Å². The summed E-state index contributed by atoms with van der Waals surface area (Å²) in [6, 6.07) is 7.22. The zero-order valence-corrected chi connectivity index (χ0v) is 16.7. The number of fused-ring (bicyclic) bond motifs is 1. The number of benzene rings is 1. The van der Waals surface area contributed by atoms with E-state index in [0.717, 1.165) is 17.0 Å². The first-order valence-electron chi connectivity index (χ1n) is 8.29. The molecule has 5 nitrogen and oxygen atoms in total. The molecule has 27 heavy (non-hydrogen) atoms. The third kappa shape index (κ3) is 3.45. The van der Waals surface area contributed by atoms with Crippen molar-refractivity contribution in [2.75, 3.05) is 6.61 Å². The molecular formula is C19H15ClN2O3S2. The largest absolute Gasteiger partial charge is 0.503 e. The van der Waals surface area contributed by atoms with Crippen LogP contribution in [0.4, 0.5) is 0 Å². The zero-order chi connectivity index (χ0) is 19.0. The van der Waals surface area contributed by atoms with Crippen LogP contribution in [0.2, 0.25) is 5.02 Å². The molecule has 0 spiro atoms. The Morgan fingerprint density at radius 1 is 1.41 bits per heavy atom. The molecule has 1 N–H and O–H groups in total. The van der Waals surface area contributed by atoms with Gasteiger partial charge in [0.2, 0.25) is 0 Å². The molecule has 4 rings (SSSR count). The van der Waals surface area contributed by atoms with Crippen LogP contribution in [-0.2, 0) is 0 Å². The van der Waals surface area contributed by atoms with Crippen LogP contribution in [0, 0.1) is 0 Å². The Hall–Kier alpha value is -2.35. The highest BCUT2D eigenvalue weighted by molar-refractivity contribution is 7.15. The number of aromatic hydroxyl groups is 1. The minimum atomic E-state index is -0.134. The monoisotopic (exact) mass is 418 g/mol. The zero-order valence-electron chi connectivity index (χ0n) is 14.3. The Balaban J connectivity index is 1.77. The van der Waals surface area contributed by atoms with E-state index in [0.29, 0.717) is 27.4 Å². The van der Waals surface area contributed by atoms with Gasteiger partial charge in [-0.3, -0.25) is 9.20 Å². The molecule has 0 saturated heterocycles. The molecule has 0 saturated carbocycles. The van der Waals surface area contributed by atoms with E-state index in [9.17, 15) is 9.90 Å². The summed E-state index contributed by atoms with van der Waals surface area (Å²) in [6.45, 7) is 2.45. The van der Waals surface area contributed by atoms with Gasteiger partial charge in [0.1, 0.15) is 5.69 Å². The van der Waals surface area contributed by atoms with E-state index < -0.39 is 0 Å². The number of imidazole rings is 1. The van der Waals surface area contributed by atoms with Crippen molar-refractivity contribution >= 4 is 45.3 Å². The van der Waals surface area contributed by atoms with E-state index in [-0.39, 0.29) is 16.3 Å². The highest BCUT2D eigenvalue weighted by Crippen LogP contribution is 2.35. The van der Waals surface area contributed by atoms with Crippen molar-refractivity contribution in [3.05, 3.63) is 61.3 Å². The van der Waals surface area contributed by atoms with Gasteiger partial charge in [0.25, 0.3) is 5.56 Å². The molecule has 0 bridgehead atoms. The van der Waals surface area contributed by atoms with Crippen molar-refractivity contribution < 1.29 is 9.84 Å². The predicted molar refractivity (Wildman–Crippen MR) is 110 cm³/mol. The molecule has 0 radical (unpaired) electrons. The van der Waals surface area contributed by atoms with Gasteiger partial charge in [0, 0.05) is 6.20 Å². The summed E-state index contributed by atoms with van der Waals surface area (Å²) >= 11 is 9.00. The van der Waals surface area contributed by atoms with Gasteiger partial charge in [0.15, 0.2) is 16.5 Å². The second-order valence-electron chi connectivity index (χ2n) is 5.87. The lowest BCUT2D eigenvalue weighted by atomic mass is 10.2. The first kappa shape index (κ1) is 18.0. The minimum absolute atomic E-state index is 0.0915. The van der Waals surface area contributed by atoms with E-state index >= 15 is 0 Å². The number of hydrogen-bond acceptors (Lipinski definition) is 6. The van der Waals surface area contributed by atoms with Gasteiger partial charge in [-0.1, -0.05) is 35.9 Å². The average molecular weight is 419 g/mol. The highest BCUT2D eigenvalue weighted by Gasteiger charge is 2.12. The summed E-state index contributed by atoms with van der Waals surface area (Å²) in [7, 11) is 0. The minimum Gasteiger partial charge on any atom is -0.503 e. The summed E-state index contributed by atoms with van der Waals surface area (Å²) < 4.78 is 7.63. The van der Waals surface area contributed by atoms with E-state index in [1.54, 1.807) is 40.1 Å². The molecule has 0 fully saturated rings. The van der Waals surface area contributed by atoms with Crippen LogP contribution in [0.25, 0.3) is 21.6 Å². The number of nitrogens with zero attached hydrogens (tertiary/aromatic N) is 2. The number of phenolic OH excluding ortho intramolecular Hbond substituents is 1. The molecule has 1 aromatic carbocycles. The number of halogens is 1. The lowest BCUT2D eigenvalue weighted by Gasteiger charge is -2.09. The van der Waals surface area contributed by atoms with Gasteiger partial charge in [-0.2, -0.15) is 0 Å². The molecular weight excluding hydrogens is 404 g/mol. The van der Waals surface area contributed by atoms with Gasteiger partial charge in [-0.05, 0) is 41.6 Å². The van der Waals surface area contributed by atoms with Crippen molar-refractivity contribution in [3.63, 3.8) is 0 Å². The molecule has 138 valence electrons. The molecule has 0 unspecified atom stereocenters. The van der Waals surface area contributed by atoms with Crippen LogP contribution in [0.1, 0.15) is 18.9 Å². The molecule has 4 aromatic rings. The topological polar surface area (TPSA) is 63.8 Å². The number of hydrogen-bond donors (Lipinski definition) is 1. The van der Waals surface area contributed by atoms with Gasteiger partial charge in [-0.15, -0.1) is 11.3 Å². The van der Waals surface area contributed by atoms with Gasteiger partial charge >= 0.3 is 0 Å². The van der Waals surface area contributed by atoms with Crippen molar-refractivity contribution in [1.82, 2.24) is 9.38 Å². The van der Waals surface area contributed by atoms with Crippen molar-refractivity contribution in [3.8, 4) is 22.1 Å².